The molecule has 1 amide bonds. The van der Waals surface area contributed by atoms with Gasteiger partial charge in [-0.15, -0.1) is 0 Å². The van der Waals surface area contributed by atoms with Crippen LogP contribution in [0.3, 0.4) is 0 Å². The van der Waals surface area contributed by atoms with Gasteiger partial charge in [0, 0.05) is 17.2 Å². The number of rotatable bonds is 5. The van der Waals surface area contributed by atoms with Gasteiger partial charge in [0.25, 0.3) is 5.91 Å². The van der Waals surface area contributed by atoms with Crippen LogP contribution in [0.2, 0.25) is 0 Å². The molecule has 3 unspecified atom stereocenters. The Morgan fingerprint density at radius 2 is 1.94 bits per heavy atom. The van der Waals surface area contributed by atoms with Crippen LogP contribution in [-0.4, -0.2) is 21.6 Å². The van der Waals surface area contributed by atoms with E-state index in [1.165, 1.54) is 11.1 Å². The van der Waals surface area contributed by atoms with Crippen LogP contribution < -0.4 is 5.32 Å². The quantitative estimate of drug-likeness (QED) is 0.492. The zero-order valence-electron chi connectivity index (χ0n) is 19.9. The van der Waals surface area contributed by atoms with Gasteiger partial charge in [0.1, 0.15) is 0 Å². The number of carbonyl (C=O) groups excluding carboxylic acids is 1. The van der Waals surface area contributed by atoms with Crippen molar-refractivity contribution in [2.24, 2.45) is 5.92 Å². The molecule has 0 bridgehead atoms. The number of nitrogens with zero attached hydrogens (tertiary/aromatic N) is 1. The van der Waals surface area contributed by atoms with E-state index in [0.29, 0.717) is 5.56 Å². The molecule has 4 heteroatoms. The Morgan fingerprint density at radius 1 is 1.12 bits per heavy atom. The predicted octanol–water partition coefficient (Wildman–Crippen LogP) is 6.09. The molecule has 2 aliphatic rings. The van der Waals surface area contributed by atoms with Crippen LogP contribution in [0.5, 0.6) is 0 Å². The molecule has 5 rings (SSSR count). The number of aryl methyl sites for hydroxylation is 1. The molecule has 1 aromatic heterocycles. The van der Waals surface area contributed by atoms with Gasteiger partial charge in [-0.05, 0) is 85.9 Å². The maximum Gasteiger partial charge on any atom is 0.255 e. The Morgan fingerprint density at radius 3 is 2.71 bits per heavy atom. The molecule has 1 heterocycles. The highest BCUT2D eigenvalue weighted by molar-refractivity contribution is 6.05. The van der Waals surface area contributed by atoms with E-state index < -0.39 is 5.60 Å². The van der Waals surface area contributed by atoms with Crippen molar-refractivity contribution < 1.29 is 9.90 Å². The Kier molecular flexibility index (Phi) is 5.86. The lowest BCUT2D eigenvalue weighted by Crippen LogP contribution is -2.49. The summed E-state index contributed by atoms with van der Waals surface area (Å²) in [6.45, 7) is 3.97. The third-order valence-corrected chi connectivity index (χ3v) is 7.98. The van der Waals surface area contributed by atoms with E-state index in [4.69, 9.17) is 0 Å². The lowest BCUT2D eigenvalue weighted by molar-refractivity contribution is -0.0379. The summed E-state index contributed by atoms with van der Waals surface area (Å²) in [4.78, 5) is 17.3. The standard InChI is InChI=1S/C30H32N2O2/c1-3-29(34)15-16-30(19-22-8-5-4-6-9-22)25(20-29)13-11-23-18-24(12-14-26(23)30)28(33)32-27-10-7-17-31-21(27)2/h4-14,17-18,25,34H,3,15-16,19-20H2,1-2H3,(H,32,33). The number of nitrogens with one attached hydrogen (secondary N) is 1. The molecular weight excluding hydrogens is 420 g/mol. The Bertz CT molecular complexity index is 1240. The van der Waals surface area contributed by atoms with E-state index >= 15 is 0 Å². The van der Waals surface area contributed by atoms with Crippen molar-refractivity contribution in [3.05, 3.63) is 101 Å². The molecule has 2 N–H and O–H groups in total. The zero-order valence-corrected chi connectivity index (χ0v) is 19.9. The molecule has 0 spiro atoms. The molecule has 0 radical (unpaired) electrons. The second kappa shape index (κ2) is 8.84. The molecule has 174 valence electrons. The summed E-state index contributed by atoms with van der Waals surface area (Å²) in [5.74, 6) is 0.132. The van der Waals surface area contributed by atoms with Crippen LogP contribution in [-0.2, 0) is 11.8 Å². The minimum Gasteiger partial charge on any atom is -0.390 e. The Labute approximate surface area is 201 Å². The largest absolute Gasteiger partial charge is 0.390 e. The molecule has 2 aliphatic carbocycles. The highest BCUT2D eigenvalue weighted by Crippen LogP contribution is 2.53. The number of hydrogen-bond donors (Lipinski definition) is 2. The zero-order chi connectivity index (χ0) is 23.8. The van der Waals surface area contributed by atoms with Crippen LogP contribution in [0.4, 0.5) is 5.69 Å². The van der Waals surface area contributed by atoms with Gasteiger partial charge in [-0.3, -0.25) is 9.78 Å². The van der Waals surface area contributed by atoms with E-state index in [2.05, 4.69) is 65.8 Å². The number of allylic oxidation sites excluding steroid dienone is 1. The van der Waals surface area contributed by atoms with Crippen molar-refractivity contribution in [1.82, 2.24) is 4.98 Å². The molecule has 3 atom stereocenters. The summed E-state index contributed by atoms with van der Waals surface area (Å²) in [5, 5.41) is 14.1. The van der Waals surface area contributed by atoms with Crippen LogP contribution in [0.1, 0.15) is 65.3 Å². The number of carbonyl (C=O) groups is 1. The number of amides is 1. The molecule has 0 saturated heterocycles. The fraction of sp³-hybridized carbons (Fsp3) is 0.333. The predicted molar refractivity (Wildman–Crippen MR) is 137 cm³/mol. The van der Waals surface area contributed by atoms with E-state index in [1.54, 1.807) is 6.20 Å². The fourth-order valence-corrected chi connectivity index (χ4v) is 5.86. The third-order valence-electron chi connectivity index (χ3n) is 7.98. The van der Waals surface area contributed by atoms with Gasteiger partial charge in [-0.2, -0.15) is 0 Å². The monoisotopic (exact) mass is 452 g/mol. The van der Waals surface area contributed by atoms with Crippen LogP contribution in [0.25, 0.3) is 6.08 Å². The maximum atomic E-state index is 13.0. The molecule has 3 aromatic rings. The summed E-state index contributed by atoms with van der Waals surface area (Å²) in [7, 11) is 0. The molecule has 1 saturated carbocycles. The normalized spacial score (nSPS) is 25.3. The van der Waals surface area contributed by atoms with Crippen LogP contribution >= 0.6 is 0 Å². The van der Waals surface area contributed by atoms with Crippen molar-refractivity contribution in [2.75, 3.05) is 5.32 Å². The van der Waals surface area contributed by atoms with E-state index in [9.17, 15) is 9.90 Å². The van der Waals surface area contributed by atoms with Crippen LogP contribution in [0.15, 0.2) is 72.9 Å². The minimum atomic E-state index is -0.603. The lowest BCUT2D eigenvalue weighted by atomic mass is 9.54. The fourth-order valence-electron chi connectivity index (χ4n) is 5.86. The number of pyridine rings is 1. The Balaban J connectivity index is 1.51. The molecule has 4 nitrogen and oxygen atoms in total. The number of anilines is 1. The SMILES string of the molecule is CCC1(O)CCC2(Cc3ccccc3)c3ccc(C(=O)Nc4cccnc4C)cc3C=CC2C1. The molecule has 0 aliphatic heterocycles. The first-order valence-electron chi connectivity index (χ1n) is 12.2. The first-order valence-corrected chi connectivity index (χ1v) is 12.2. The van der Waals surface area contributed by atoms with Crippen molar-refractivity contribution in [3.63, 3.8) is 0 Å². The van der Waals surface area contributed by atoms with Gasteiger partial charge in [0.2, 0.25) is 0 Å². The van der Waals surface area contributed by atoms with Crippen molar-refractivity contribution >= 4 is 17.7 Å². The summed E-state index contributed by atoms with van der Waals surface area (Å²) < 4.78 is 0. The summed E-state index contributed by atoms with van der Waals surface area (Å²) in [6, 6.07) is 20.4. The number of fused-ring (bicyclic) bond motifs is 3. The highest BCUT2D eigenvalue weighted by Gasteiger charge is 2.49. The lowest BCUT2D eigenvalue weighted by Gasteiger charge is -2.51. The first kappa shape index (κ1) is 22.5. The third kappa shape index (κ3) is 4.07. The first-order chi connectivity index (χ1) is 16.4. The topological polar surface area (TPSA) is 62.2 Å². The van der Waals surface area contributed by atoms with Gasteiger partial charge in [0.15, 0.2) is 0 Å². The van der Waals surface area contributed by atoms with E-state index in [-0.39, 0.29) is 17.2 Å². The van der Waals surface area contributed by atoms with Gasteiger partial charge < -0.3 is 10.4 Å². The minimum absolute atomic E-state index is 0.0816. The van der Waals surface area contributed by atoms with E-state index in [0.717, 1.165) is 49.0 Å². The van der Waals surface area contributed by atoms with E-state index in [1.807, 2.05) is 31.2 Å². The summed E-state index contributed by atoms with van der Waals surface area (Å²) in [6.07, 6.45) is 10.3. The number of benzene rings is 2. The molecule has 1 fully saturated rings. The van der Waals surface area contributed by atoms with Crippen molar-refractivity contribution in [3.8, 4) is 0 Å². The second-order valence-corrected chi connectivity index (χ2v) is 9.96. The number of hydrogen-bond acceptors (Lipinski definition) is 3. The average molecular weight is 453 g/mol. The van der Waals surface area contributed by atoms with Crippen molar-refractivity contribution in [2.45, 2.75) is 57.0 Å². The second-order valence-electron chi connectivity index (χ2n) is 9.96. The van der Waals surface area contributed by atoms with Crippen molar-refractivity contribution in [1.29, 1.82) is 0 Å². The van der Waals surface area contributed by atoms with Crippen LogP contribution in [0, 0.1) is 12.8 Å². The molecule has 2 aromatic carbocycles. The summed E-state index contributed by atoms with van der Waals surface area (Å²) >= 11 is 0. The number of aliphatic hydroxyl groups is 1. The van der Waals surface area contributed by atoms with Gasteiger partial charge in [-0.25, -0.2) is 0 Å². The Hall–Kier alpha value is -3.24. The maximum absolute atomic E-state index is 13.0. The summed E-state index contributed by atoms with van der Waals surface area (Å²) in [5.41, 5.74) is 5.18. The number of aromatic nitrogens is 1. The van der Waals surface area contributed by atoms with Gasteiger partial charge in [0.05, 0.1) is 17.0 Å². The highest BCUT2D eigenvalue weighted by atomic mass is 16.3. The molecular formula is C30H32N2O2. The molecule has 34 heavy (non-hydrogen) atoms. The van der Waals surface area contributed by atoms with Gasteiger partial charge in [-0.1, -0.05) is 55.5 Å². The smallest absolute Gasteiger partial charge is 0.255 e. The average Bonchev–Trinajstić information content (AvgIpc) is 2.86. The van der Waals surface area contributed by atoms with Gasteiger partial charge >= 0.3 is 0 Å².